The first-order chi connectivity index (χ1) is 4.33. The van der Waals surface area contributed by atoms with E-state index in [4.69, 9.17) is 5.11 Å². The van der Waals surface area contributed by atoms with Crippen molar-refractivity contribution in [1.29, 1.82) is 0 Å². The highest BCUT2D eigenvalue weighted by Gasteiger charge is 2.19. The van der Waals surface area contributed by atoms with Crippen LogP contribution in [0.1, 0.15) is 25.7 Å². The minimum atomic E-state index is -0.256. The molecule has 0 amide bonds. The Kier molecular flexibility index (Phi) is 2.42. The van der Waals surface area contributed by atoms with E-state index in [9.17, 15) is 4.53 Å². The molecule has 1 fully saturated rings. The van der Waals surface area contributed by atoms with Crippen molar-refractivity contribution in [3.8, 4) is 0 Å². The summed E-state index contributed by atoms with van der Waals surface area (Å²) in [6.07, 6.45) is 2.17. The summed E-state index contributed by atoms with van der Waals surface area (Å²) in [6, 6.07) is 0. The number of aliphatic hydroxyl groups excluding tert-OH is 1. The fourth-order valence-corrected chi connectivity index (χ4v) is 1.13. The lowest BCUT2D eigenvalue weighted by molar-refractivity contribution is -0.192. The van der Waals surface area contributed by atoms with Gasteiger partial charge in [-0.2, -0.15) is 4.94 Å². The van der Waals surface area contributed by atoms with Crippen molar-refractivity contribution < 1.29 is 14.6 Å². The summed E-state index contributed by atoms with van der Waals surface area (Å²) in [7, 11) is 0. The SMILES string of the molecule is OC1CCC(OF)CC1. The standard InChI is InChI=1S/C6H11FO2/c7-9-6-3-1-5(8)2-4-6/h5-6,8H,1-4H2. The monoisotopic (exact) mass is 134 g/mol. The third-order valence-electron chi connectivity index (χ3n) is 1.77. The molecule has 0 atom stereocenters. The second-order valence-corrected chi connectivity index (χ2v) is 2.52. The molecule has 1 aliphatic carbocycles. The molecule has 0 unspecified atom stereocenters. The zero-order valence-corrected chi connectivity index (χ0v) is 5.22. The summed E-state index contributed by atoms with van der Waals surface area (Å²) < 4.78 is 11.4. The van der Waals surface area contributed by atoms with Crippen LogP contribution in [-0.2, 0) is 4.94 Å². The van der Waals surface area contributed by atoms with E-state index in [1.54, 1.807) is 0 Å². The van der Waals surface area contributed by atoms with Gasteiger partial charge >= 0.3 is 0 Å². The molecular weight excluding hydrogens is 123 g/mol. The molecule has 9 heavy (non-hydrogen) atoms. The zero-order chi connectivity index (χ0) is 6.69. The van der Waals surface area contributed by atoms with Crippen LogP contribution in [0.2, 0.25) is 0 Å². The first-order valence-electron chi connectivity index (χ1n) is 3.28. The Bertz CT molecular complexity index is 79.1. The Morgan fingerprint density at radius 2 is 1.78 bits per heavy atom. The van der Waals surface area contributed by atoms with Crippen molar-refractivity contribution in [1.82, 2.24) is 0 Å². The van der Waals surface area contributed by atoms with Crippen molar-refractivity contribution in [3.63, 3.8) is 0 Å². The van der Waals surface area contributed by atoms with Crippen LogP contribution < -0.4 is 0 Å². The fourth-order valence-electron chi connectivity index (χ4n) is 1.13. The molecule has 0 aromatic carbocycles. The van der Waals surface area contributed by atoms with Gasteiger partial charge in [-0.15, -0.1) is 0 Å². The van der Waals surface area contributed by atoms with Crippen LogP contribution in [-0.4, -0.2) is 17.3 Å². The average molecular weight is 134 g/mol. The molecule has 0 bridgehead atoms. The van der Waals surface area contributed by atoms with Crippen LogP contribution in [0, 0.1) is 0 Å². The van der Waals surface area contributed by atoms with E-state index >= 15 is 0 Å². The molecule has 0 spiro atoms. The largest absolute Gasteiger partial charge is 0.393 e. The molecule has 0 aromatic rings. The number of rotatable bonds is 1. The van der Waals surface area contributed by atoms with Gasteiger partial charge in [-0.1, -0.05) is 0 Å². The molecule has 0 aliphatic heterocycles. The molecule has 2 nitrogen and oxygen atoms in total. The molecule has 0 saturated heterocycles. The van der Waals surface area contributed by atoms with Crippen LogP contribution >= 0.6 is 0 Å². The number of hydrogen-bond donors (Lipinski definition) is 1. The quantitative estimate of drug-likeness (QED) is 0.583. The maximum atomic E-state index is 11.4. The van der Waals surface area contributed by atoms with E-state index in [0.717, 1.165) is 0 Å². The van der Waals surface area contributed by atoms with Crippen molar-refractivity contribution in [3.05, 3.63) is 0 Å². The van der Waals surface area contributed by atoms with E-state index in [-0.39, 0.29) is 12.2 Å². The van der Waals surface area contributed by atoms with Crippen molar-refractivity contribution >= 4 is 0 Å². The summed E-state index contributed by atoms with van der Waals surface area (Å²) in [5.74, 6) is 0. The Labute approximate surface area is 53.5 Å². The van der Waals surface area contributed by atoms with Crippen LogP contribution in [0.3, 0.4) is 0 Å². The molecule has 54 valence electrons. The van der Waals surface area contributed by atoms with Gasteiger partial charge in [0.25, 0.3) is 0 Å². The van der Waals surface area contributed by atoms with Crippen LogP contribution in [0.15, 0.2) is 0 Å². The normalized spacial score (nSPS) is 36.7. The van der Waals surface area contributed by atoms with Crippen LogP contribution in [0.25, 0.3) is 0 Å². The van der Waals surface area contributed by atoms with E-state index in [0.29, 0.717) is 25.7 Å². The summed E-state index contributed by atoms with van der Waals surface area (Å²) >= 11 is 0. The van der Waals surface area contributed by atoms with Crippen molar-refractivity contribution in [2.75, 3.05) is 0 Å². The first-order valence-corrected chi connectivity index (χ1v) is 3.28. The first kappa shape index (κ1) is 6.96. The van der Waals surface area contributed by atoms with Gasteiger partial charge < -0.3 is 5.11 Å². The van der Waals surface area contributed by atoms with E-state index in [1.807, 2.05) is 0 Å². The number of hydrogen-bond acceptors (Lipinski definition) is 2. The average Bonchev–Trinajstić information content (AvgIpc) is 1.90. The smallest absolute Gasteiger partial charge is 0.0985 e. The highest BCUT2D eigenvalue weighted by molar-refractivity contribution is 4.70. The van der Waals surface area contributed by atoms with Gasteiger partial charge in [-0.05, 0) is 30.2 Å². The van der Waals surface area contributed by atoms with Gasteiger partial charge in [0.05, 0.1) is 12.2 Å². The Hall–Kier alpha value is -0.150. The van der Waals surface area contributed by atoms with E-state index in [1.165, 1.54) is 0 Å². The molecule has 1 aliphatic rings. The number of halogens is 1. The summed E-state index contributed by atoms with van der Waals surface area (Å²) in [4.78, 5) is 3.63. The maximum absolute atomic E-state index is 11.4. The molecule has 0 heterocycles. The third kappa shape index (κ3) is 1.91. The minimum Gasteiger partial charge on any atom is -0.393 e. The highest BCUT2D eigenvalue weighted by atomic mass is 19.3. The molecule has 1 rings (SSSR count). The van der Waals surface area contributed by atoms with Gasteiger partial charge in [0.1, 0.15) is 0 Å². The summed E-state index contributed by atoms with van der Waals surface area (Å²) in [5, 5.41) is 8.94. The second kappa shape index (κ2) is 3.13. The fraction of sp³-hybridized carbons (Fsp3) is 1.00. The molecule has 1 N–H and O–H groups in total. The second-order valence-electron chi connectivity index (χ2n) is 2.52. The van der Waals surface area contributed by atoms with Gasteiger partial charge in [0, 0.05) is 0 Å². The predicted molar refractivity (Wildman–Crippen MR) is 30.5 cm³/mol. The number of aliphatic hydroxyl groups is 1. The molecule has 1 saturated carbocycles. The molecule has 0 aromatic heterocycles. The topological polar surface area (TPSA) is 29.5 Å². The van der Waals surface area contributed by atoms with Crippen LogP contribution in [0.4, 0.5) is 4.53 Å². The van der Waals surface area contributed by atoms with Crippen LogP contribution in [0.5, 0.6) is 0 Å². The predicted octanol–water partition coefficient (Wildman–Crippen LogP) is 1.19. The van der Waals surface area contributed by atoms with E-state index in [2.05, 4.69) is 4.94 Å². The summed E-state index contributed by atoms with van der Waals surface area (Å²) in [5.41, 5.74) is 0. The minimum absolute atomic E-state index is 0.226. The van der Waals surface area contributed by atoms with Crippen molar-refractivity contribution in [2.24, 2.45) is 0 Å². The lowest BCUT2D eigenvalue weighted by Crippen LogP contribution is -2.22. The third-order valence-corrected chi connectivity index (χ3v) is 1.77. The van der Waals surface area contributed by atoms with Gasteiger partial charge in [0.2, 0.25) is 0 Å². The van der Waals surface area contributed by atoms with Gasteiger partial charge in [0.15, 0.2) is 0 Å². The van der Waals surface area contributed by atoms with Gasteiger partial charge in [-0.3, -0.25) is 0 Å². The maximum Gasteiger partial charge on any atom is 0.0985 e. The molecule has 0 radical (unpaired) electrons. The van der Waals surface area contributed by atoms with E-state index < -0.39 is 0 Å². The van der Waals surface area contributed by atoms with Crippen molar-refractivity contribution in [2.45, 2.75) is 37.9 Å². The Balaban J connectivity index is 2.18. The zero-order valence-electron chi connectivity index (χ0n) is 5.22. The Morgan fingerprint density at radius 1 is 1.22 bits per heavy atom. The lowest BCUT2D eigenvalue weighted by Gasteiger charge is -2.21. The molecule has 3 heteroatoms. The van der Waals surface area contributed by atoms with Gasteiger partial charge in [-0.25, -0.2) is 0 Å². The molecular formula is C6H11FO2. The highest BCUT2D eigenvalue weighted by Crippen LogP contribution is 2.20. The lowest BCUT2D eigenvalue weighted by atomic mass is 9.95. The Morgan fingerprint density at radius 3 is 2.22 bits per heavy atom. The summed E-state index contributed by atoms with van der Waals surface area (Å²) in [6.45, 7) is 0.